The van der Waals surface area contributed by atoms with E-state index in [9.17, 15) is 13.2 Å². The Morgan fingerprint density at radius 3 is 2.33 bits per heavy atom. The molecule has 0 spiro atoms. The van der Waals surface area contributed by atoms with Crippen LogP contribution in [-0.2, 0) is 24.9 Å². The van der Waals surface area contributed by atoms with E-state index < -0.39 is 15.4 Å². The summed E-state index contributed by atoms with van der Waals surface area (Å²) in [6.45, 7) is 1.09. The summed E-state index contributed by atoms with van der Waals surface area (Å²) in [5, 5.41) is 0. The Labute approximate surface area is 234 Å². The van der Waals surface area contributed by atoms with Crippen molar-refractivity contribution in [2.75, 3.05) is 33.2 Å². The number of pyridine rings is 1. The highest BCUT2D eigenvalue weighted by Gasteiger charge is 2.34. The van der Waals surface area contributed by atoms with Gasteiger partial charge in [0.25, 0.3) is 0 Å². The maximum absolute atomic E-state index is 13.6. The van der Waals surface area contributed by atoms with Gasteiger partial charge in [0, 0.05) is 62.3 Å². The second kappa shape index (κ2) is 11.7. The number of ether oxygens (including phenoxy) is 3. The van der Waals surface area contributed by atoms with E-state index in [4.69, 9.17) is 14.2 Å². The van der Waals surface area contributed by atoms with Crippen LogP contribution in [0.15, 0.2) is 96.0 Å². The first kappa shape index (κ1) is 27.7. The van der Waals surface area contributed by atoms with Gasteiger partial charge in [-0.15, -0.1) is 0 Å². The lowest BCUT2D eigenvalue weighted by atomic mass is 9.86. The van der Waals surface area contributed by atoms with Crippen molar-refractivity contribution >= 4 is 15.6 Å². The Kier molecular flexibility index (Phi) is 8.12. The summed E-state index contributed by atoms with van der Waals surface area (Å²) in [5.41, 5.74) is 3.81. The van der Waals surface area contributed by atoms with E-state index in [1.807, 2.05) is 54.6 Å². The number of hydrogen-bond acceptors (Lipinski definition) is 7. The molecule has 206 valence electrons. The van der Waals surface area contributed by atoms with Crippen LogP contribution in [0.25, 0.3) is 22.4 Å². The molecule has 0 radical (unpaired) electrons. The van der Waals surface area contributed by atoms with E-state index in [0.717, 1.165) is 24.0 Å². The minimum absolute atomic E-state index is 0.164. The Morgan fingerprint density at radius 2 is 1.65 bits per heavy atom. The summed E-state index contributed by atoms with van der Waals surface area (Å²) in [6, 6.07) is 25.5. The largest absolute Gasteiger partial charge is 0.485 e. The molecule has 40 heavy (non-hydrogen) atoms. The number of rotatable bonds is 9. The van der Waals surface area contributed by atoms with E-state index in [-0.39, 0.29) is 17.3 Å². The van der Waals surface area contributed by atoms with Crippen molar-refractivity contribution in [3.8, 4) is 28.1 Å². The van der Waals surface area contributed by atoms with Gasteiger partial charge in [-0.2, -0.15) is 0 Å². The maximum atomic E-state index is 13.6. The zero-order valence-corrected chi connectivity index (χ0v) is 23.3. The van der Waals surface area contributed by atoms with Gasteiger partial charge in [-0.05, 0) is 41.5 Å². The maximum Gasteiger partial charge on any atom is 0.200 e. The molecule has 0 aliphatic carbocycles. The van der Waals surface area contributed by atoms with Crippen molar-refractivity contribution in [3.05, 3.63) is 102 Å². The monoisotopic (exact) mass is 557 g/mol. The topological polar surface area (TPSA) is 91.8 Å². The fourth-order valence-corrected chi connectivity index (χ4v) is 5.71. The fraction of sp³-hybridized carbons (Fsp3) is 0.250. The molecule has 7 nitrogen and oxygen atoms in total. The van der Waals surface area contributed by atoms with E-state index in [0.29, 0.717) is 41.3 Å². The molecule has 1 aliphatic heterocycles. The second-order valence-electron chi connectivity index (χ2n) is 9.80. The zero-order chi connectivity index (χ0) is 28.2. The molecule has 0 unspecified atom stereocenters. The number of ketones is 1. The minimum Gasteiger partial charge on any atom is -0.485 e. The van der Waals surface area contributed by atoms with Crippen molar-refractivity contribution < 1.29 is 27.4 Å². The quantitative estimate of drug-likeness (QED) is 0.243. The van der Waals surface area contributed by atoms with E-state index in [2.05, 4.69) is 4.98 Å². The van der Waals surface area contributed by atoms with Crippen molar-refractivity contribution in [3.63, 3.8) is 0 Å². The van der Waals surface area contributed by atoms with Gasteiger partial charge >= 0.3 is 0 Å². The third-order valence-electron chi connectivity index (χ3n) is 7.29. The molecule has 1 aromatic heterocycles. The van der Waals surface area contributed by atoms with Crippen LogP contribution in [0.4, 0.5) is 0 Å². The molecule has 1 saturated heterocycles. The first-order valence-electron chi connectivity index (χ1n) is 13.1. The highest BCUT2D eigenvalue weighted by molar-refractivity contribution is 7.90. The zero-order valence-electron chi connectivity index (χ0n) is 22.5. The number of sulfone groups is 1. The van der Waals surface area contributed by atoms with Crippen molar-refractivity contribution in [1.82, 2.24) is 4.98 Å². The van der Waals surface area contributed by atoms with Gasteiger partial charge in [-0.3, -0.25) is 9.78 Å². The van der Waals surface area contributed by atoms with Gasteiger partial charge in [0.2, 0.25) is 5.78 Å². The molecule has 1 aliphatic rings. The van der Waals surface area contributed by atoms with Crippen LogP contribution in [0.1, 0.15) is 28.8 Å². The Balaban J connectivity index is 1.45. The predicted molar refractivity (Wildman–Crippen MR) is 153 cm³/mol. The number of carbonyl (C=O) groups is 1. The average molecular weight is 558 g/mol. The molecule has 5 rings (SSSR count). The van der Waals surface area contributed by atoms with Gasteiger partial charge < -0.3 is 14.2 Å². The number of hydrogen-bond donors (Lipinski definition) is 0. The molecule has 0 atom stereocenters. The molecular formula is C32H31NO6S. The number of benzene rings is 3. The van der Waals surface area contributed by atoms with E-state index in [1.165, 1.54) is 6.26 Å². The second-order valence-corrected chi connectivity index (χ2v) is 11.8. The van der Waals surface area contributed by atoms with Crippen molar-refractivity contribution in [2.24, 2.45) is 0 Å². The summed E-state index contributed by atoms with van der Waals surface area (Å²) < 4.78 is 41.4. The Bertz CT molecular complexity index is 1590. The predicted octanol–water partition coefficient (Wildman–Crippen LogP) is 5.73. The summed E-state index contributed by atoms with van der Waals surface area (Å²) in [7, 11) is -1.63. The Morgan fingerprint density at radius 1 is 0.925 bits per heavy atom. The third-order valence-corrected chi connectivity index (χ3v) is 8.42. The normalized spacial score (nSPS) is 14.9. The molecule has 0 amide bonds. The van der Waals surface area contributed by atoms with Crippen LogP contribution in [0.3, 0.4) is 0 Å². The highest BCUT2D eigenvalue weighted by Crippen LogP contribution is 2.37. The molecular weight excluding hydrogens is 526 g/mol. The molecule has 8 heteroatoms. The Hall–Kier alpha value is -3.85. The van der Waals surface area contributed by atoms with Gasteiger partial charge in [-0.1, -0.05) is 54.6 Å². The van der Waals surface area contributed by atoms with Gasteiger partial charge in [0.1, 0.15) is 5.75 Å². The molecule has 0 N–H and O–H groups in total. The third kappa shape index (κ3) is 5.84. The lowest BCUT2D eigenvalue weighted by molar-refractivity contribution is -0.0948. The number of nitrogens with zero attached hydrogens (tertiary/aromatic N) is 1. The first-order valence-corrected chi connectivity index (χ1v) is 14.9. The van der Waals surface area contributed by atoms with Crippen LogP contribution in [-0.4, -0.2) is 52.4 Å². The van der Waals surface area contributed by atoms with Crippen LogP contribution in [0.2, 0.25) is 0 Å². The van der Waals surface area contributed by atoms with Gasteiger partial charge in [0.15, 0.2) is 16.4 Å². The average Bonchev–Trinajstić information content (AvgIpc) is 3.00. The standard InChI is InChI=1S/C32H31NO6S/c1-37-32(16-19-38-20-17-32)25-9-6-10-26(21-25)39-22-29(34)28-15-18-33-31(30(28)23-7-4-3-5-8-23)24-11-13-27(14-12-24)40(2,35)36/h3-15,18,21H,16-17,19-20,22H2,1-2H3. The smallest absolute Gasteiger partial charge is 0.200 e. The molecule has 1 fully saturated rings. The van der Waals surface area contributed by atoms with E-state index >= 15 is 0 Å². The highest BCUT2D eigenvalue weighted by atomic mass is 32.2. The molecule has 4 aromatic rings. The van der Waals surface area contributed by atoms with Crippen LogP contribution < -0.4 is 4.74 Å². The van der Waals surface area contributed by atoms with Gasteiger partial charge in [-0.25, -0.2) is 8.42 Å². The first-order chi connectivity index (χ1) is 19.3. The van der Waals surface area contributed by atoms with E-state index in [1.54, 1.807) is 43.6 Å². The molecule has 0 saturated carbocycles. The summed E-state index contributed by atoms with van der Waals surface area (Å²) in [5.74, 6) is 0.383. The number of carbonyl (C=O) groups excluding carboxylic acids is 1. The SMILES string of the molecule is COC1(c2cccc(OCC(=O)c3ccnc(-c4ccc(S(C)(=O)=O)cc4)c3-c3ccccc3)c2)CCOCC1. The number of Topliss-reactive ketones (excluding diaryl/α,β-unsaturated/α-hetero) is 1. The molecule has 0 bridgehead atoms. The molecule has 2 heterocycles. The van der Waals surface area contributed by atoms with Crippen LogP contribution in [0.5, 0.6) is 5.75 Å². The minimum atomic E-state index is -3.34. The summed E-state index contributed by atoms with van der Waals surface area (Å²) >= 11 is 0. The number of aromatic nitrogens is 1. The number of methoxy groups -OCH3 is 1. The van der Waals surface area contributed by atoms with Crippen molar-refractivity contribution in [2.45, 2.75) is 23.3 Å². The summed E-state index contributed by atoms with van der Waals surface area (Å²) in [4.78, 5) is 18.4. The lowest BCUT2D eigenvalue weighted by Crippen LogP contribution is -2.35. The lowest BCUT2D eigenvalue weighted by Gasteiger charge is -2.36. The van der Waals surface area contributed by atoms with Gasteiger partial charge in [0.05, 0.1) is 16.2 Å². The summed E-state index contributed by atoms with van der Waals surface area (Å²) in [6.07, 6.45) is 4.26. The van der Waals surface area contributed by atoms with Crippen molar-refractivity contribution in [1.29, 1.82) is 0 Å². The van der Waals surface area contributed by atoms with Crippen LogP contribution >= 0.6 is 0 Å². The fourth-order valence-electron chi connectivity index (χ4n) is 5.08. The van der Waals surface area contributed by atoms with Crippen LogP contribution in [0, 0.1) is 0 Å². The molecule has 3 aromatic carbocycles.